The van der Waals surface area contributed by atoms with E-state index in [1.165, 1.54) is 18.5 Å². The van der Waals surface area contributed by atoms with E-state index < -0.39 is 6.10 Å². The van der Waals surface area contributed by atoms with Crippen molar-refractivity contribution < 1.29 is 9.53 Å². The highest BCUT2D eigenvalue weighted by Gasteiger charge is 2.20. The molecule has 0 radical (unpaired) electrons. The summed E-state index contributed by atoms with van der Waals surface area (Å²) in [6.07, 6.45) is 1.89. The fourth-order valence-corrected chi connectivity index (χ4v) is 3.22. The summed E-state index contributed by atoms with van der Waals surface area (Å²) in [5.74, 6) is -0.111. The Bertz CT molecular complexity index is 666. The van der Waals surface area contributed by atoms with E-state index in [9.17, 15) is 4.79 Å². The van der Waals surface area contributed by atoms with Gasteiger partial charge >= 0.3 is 0 Å². The Morgan fingerprint density at radius 2 is 1.75 bits per heavy atom. The number of rotatable bonds is 6. The van der Waals surface area contributed by atoms with E-state index in [1.54, 1.807) is 7.11 Å². The number of hydrogen-bond acceptors (Lipinski definition) is 3. The first-order valence-electron chi connectivity index (χ1n) is 8.48. The number of amides is 1. The molecular formula is C20H24N2O2. The topological polar surface area (TPSA) is 41.6 Å². The van der Waals surface area contributed by atoms with Crippen molar-refractivity contribution in [3.05, 3.63) is 65.7 Å². The largest absolute Gasteiger partial charge is 0.371 e. The quantitative estimate of drug-likeness (QED) is 0.886. The SMILES string of the molecule is COC(C(=O)NCc1ccccc1N1CCCC1)c1ccccc1. The molecule has 0 bridgehead atoms. The molecule has 1 N–H and O–H groups in total. The van der Waals surface area contributed by atoms with Crippen LogP contribution in [0.25, 0.3) is 0 Å². The first kappa shape index (κ1) is 16.5. The number of anilines is 1. The van der Waals surface area contributed by atoms with Gasteiger partial charge in [-0.15, -0.1) is 0 Å². The van der Waals surface area contributed by atoms with E-state index >= 15 is 0 Å². The summed E-state index contributed by atoms with van der Waals surface area (Å²) in [5, 5.41) is 3.02. The molecule has 1 heterocycles. The predicted octanol–water partition coefficient (Wildman–Crippen LogP) is 3.29. The van der Waals surface area contributed by atoms with E-state index in [1.807, 2.05) is 36.4 Å². The molecule has 1 fully saturated rings. The maximum absolute atomic E-state index is 12.5. The van der Waals surface area contributed by atoms with Gasteiger partial charge in [0.2, 0.25) is 0 Å². The van der Waals surface area contributed by atoms with Gasteiger partial charge in [0.1, 0.15) is 0 Å². The van der Waals surface area contributed by atoms with Crippen LogP contribution in [-0.2, 0) is 16.1 Å². The van der Waals surface area contributed by atoms with E-state index in [4.69, 9.17) is 4.74 Å². The zero-order valence-electron chi connectivity index (χ0n) is 14.1. The van der Waals surface area contributed by atoms with Crippen LogP contribution >= 0.6 is 0 Å². The molecule has 24 heavy (non-hydrogen) atoms. The zero-order valence-corrected chi connectivity index (χ0v) is 14.1. The summed E-state index contributed by atoms with van der Waals surface area (Å²) < 4.78 is 5.39. The fraction of sp³-hybridized carbons (Fsp3) is 0.350. The lowest BCUT2D eigenvalue weighted by molar-refractivity contribution is -0.131. The lowest BCUT2D eigenvalue weighted by Gasteiger charge is -2.22. The van der Waals surface area contributed by atoms with Crippen molar-refractivity contribution in [2.75, 3.05) is 25.1 Å². The van der Waals surface area contributed by atoms with Crippen LogP contribution in [0.2, 0.25) is 0 Å². The standard InChI is InChI=1S/C20H24N2O2/c1-24-19(16-9-3-2-4-10-16)20(23)21-15-17-11-5-6-12-18(17)22-13-7-8-14-22/h2-6,9-12,19H,7-8,13-15H2,1H3,(H,21,23). The summed E-state index contributed by atoms with van der Waals surface area (Å²) in [4.78, 5) is 14.9. The second-order valence-electron chi connectivity index (χ2n) is 6.07. The maximum atomic E-state index is 12.5. The summed E-state index contributed by atoms with van der Waals surface area (Å²) in [6, 6.07) is 17.9. The van der Waals surface area contributed by atoms with Crippen LogP contribution in [0.1, 0.15) is 30.1 Å². The number of carbonyl (C=O) groups excluding carboxylic acids is 1. The molecule has 4 nitrogen and oxygen atoms in total. The Morgan fingerprint density at radius 1 is 1.08 bits per heavy atom. The zero-order chi connectivity index (χ0) is 16.8. The van der Waals surface area contributed by atoms with Crippen molar-refractivity contribution in [2.24, 2.45) is 0 Å². The van der Waals surface area contributed by atoms with Crippen LogP contribution in [0.15, 0.2) is 54.6 Å². The third kappa shape index (κ3) is 3.77. The first-order chi connectivity index (χ1) is 11.8. The van der Waals surface area contributed by atoms with Crippen molar-refractivity contribution in [3.8, 4) is 0 Å². The van der Waals surface area contributed by atoms with Crippen molar-refractivity contribution in [3.63, 3.8) is 0 Å². The molecule has 0 saturated carbocycles. The van der Waals surface area contributed by atoms with E-state index in [2.05, 4.69) is 28.4 Å². The van der Waals surface area contributed by atoms with Gasteiger partial charge < -0.3 is 15.0 Å². The monoisotopic (exact) mass is 324 g/mol. The molecule has 2 aromatic carbocycles. The molecule has 1 saturated heterocycles. The molecule has 1 amide bonds. The number of carbonyl (C=O) groups is 1. The highest BCUT2D eigenvalue weighted by atomic mass is 16.5. The Hall–Kier alpha value is -2.33. The Balaban J connectivity index is 1.68. The van der Waals surface area contributed by atoms with Gasteiger partial charge in [-0.1, -0.05) is 48.5 Å². The van der Waals surface area contributed by atoms with Gasteiger partial charge in [-0.25, -0.2) is 0 Å². The van der Waals surface area contributed by atoms with Crippen LogP contribution in [0.3, 0.4) is 0 Å². The van der Waals surface area contributed by atoms with Crippen molar-refractivity contribution in [1.29, 1.82) is 0 Å². The molecule has 2 aromatic rings. The van der Waals surface area contributed by atoms with E-state index in [0.29, 0.717) is 6.54 Å². The van der Waals surface area contributed by atoms with Gasteiger partial charge in [0.15, 0.2) is 6.10 Å². The van der Waals surface area contributed by atoms with Crippen LogP contribution in [0, 0.1) is 0 Å². The minimum atomic E-state index is -0.579. The number of para-hydroxylation sites is 1. The average Bonchev–Trinajstić information content (AvgIpc) is 3.16. The molecule has 1 unspecified atom stereocenters. The summed E-state index contributed by atoms with van der Waals surface area (Å²) in [6.45, 7) is 2.70. The van der Waals surface area contributed by atoms with Gasteiger partial charge in [-0.2, -0.15) is 0 Å². The molecule has 3 rings (SSSR count). The molecular weight excluding hydrogens is 300 g/mol. The number of nitrogens with zero attached hydrogens (tertiary/aromatic N) is 1. The molecule has 1 atom stereocenters. The summed E-state index contributed by atoms with van der Waals surface area (Å²) >= 11 is 0. The maximum Gasteiger partial charge on any atom is 0.254 e. The van der Waals surface area contributed by atoms with E-state index in [-0.39, 0.29) is 5.91 Å². The highest BCUT2D eigenvalue weighted by molar-refractivity contribution is 5.82. The number of methoxy groups -OCH3 is 1. The predicted molar refractivity (Wildman–Crippen MR) is 95.9 cm³/mol. The Morgan fingerprint density at radius 3 is 2.46 bits per heavy atom. The second-order valence-corrected chi connectivity index (χ2v) is 6.07. The van der Waals surface area contributed by atoms with Gasteiger partial charge in [0.25, 0.3) is 5.91 Å². The lowest BCUT2D eigenvalue weighted by atomic mass is 10.1. The first-order valence-corrected chi connectivity index (χ1v) is 8.48. The fourth-order valence-electron chi connectivity index (χ4n) is 3.22. The van der Waals surface area contributed by atoms with Crippen LogP contribution in [0.5, 0.6) is 0 Å². The van der Waals surface area contributed by atoms with Gasteiger partial charge in [-0.3, -0.25) is 4.79 Å². The summed E-state index contributed by atoms with van der Waals surface area (Å²) in [5.41, 5.74) is 3.24. The number of ether oxygens (including phenoxy) is 1. The molecule has 0 spiro atoms. The molecule has 0 aromatic heterocycles. The van der Waals surface area contributed by atoms with Gasteiger partial charge in [0, 0.05) is 32.4 Å². The lowest BCUT2D eigenvalue weighted by Crippen LogP contribution is -2.30. The third-order valence-electron chi connectivity index (χ3n) is 4.47. The smallest absolute Gasteiger partial charge is 0.254 e. The molecule has 126 valence electrons. The third-order valence-corrected chi connectivity index (χ3v) is 4.47. The average molecular weight is 324 g/mol. The molecule has 4 heteroatoms. The number of nitrogens with one attached hydrogen (secondary N) is 1. The minimum Gasteiger partial charge on any atom is -0.371 e. The minimum absolute atomic E-state index is 0.111. The van der Waals surface area contributed by atoms with Gasteiger partial charge in [-0.05, 0) is 30.0 Å². The number of hydrogen-bond donors (Lipinski definition) is 1. The molecule has 0 aliphatic carbocycles. The Labute approximate surface area is 143 Å². The molecule has 1 aliphatic heterocycles. The molecule has 1 aliphatic rings. The van der Waals surface area contributed by atoms with Crippen molar-refractivity contribution >= 4 is 11.6 Å². The summed E-state index contributed by atoms with van der Waals surface area (Å²) in [7, 11) is 1.56. The second kappa shape index (κ2) is 7.97. The Kier molecular flexibility index (Phi) is 5.49. The van der Waals surface area contributed by atoms with Crippen molar-refractivity contribution in [1.82, 2.24) is 5.32 Å². The van der Waals surface area contributed by atoms with Crippen LogP contribution in [-0.4, -0.2) is 26.1 Å². The number of benzene rings is 2. The van der Waals surface area contributed by atoms with Crippen LogP contribution in [0.4, 0.5) is 5.69 Å². The van der Waals surface area contributed by atoms with E-state index in [0.717, 1.165) is 24.2 Å². The highest BCUT2D eigenvalue weighted by Crippen LogP contribution is 2.24. The van der Waals surface area contributed by atoms with Crippen LogP contribution < -0.4 is 10.2 Å². The van der Waals surface area contributed by atoms with Crippen molar-refractivity contribution in [2.45, 2.75) is 25.5 Å². The normalized spacial score (nSPS) is 15.3. The van der Waals surface area contributed by atoms with Gasteiger partial charge in [0.05, 0.1) is 0 Å².